The van der Waals surface area contributed by atoms with Crippen molar-refractivity contribution in [2.45, 2.75) is 24.0 Å². The van der Waals surface area contributed by atoms with E-state index < -0.39 is 21.5 Å². The van der Waals surface area contributed by atoms with E-state index in [-0.39, 0.29) is 12.1 Å². The SMILES string of the molecule is O=C(O)C1(Cc2cc(F)cc([N+](=O)[O-])c2)CCCS1. The van der Waals surface area contributed by atoms with E-state index >= 15 is 0 Å². The van der Waals surface area contributed by atoms with Gasteiger partial charge in [0.2, 0.25) is 0 Å². The third-order valence-electron chi connectivity index (χ3n) is 3.14. The zero-order valence-electron chi connectivity index (χ0n) is 9.97. The highest BCUT2D eigenvalue weighted by Crippen LogP contribution is 2.41. The molecule has 0 saturated carbocycles. The summed E-state index contributed by atoms with van der Waals surface area (Å²) >= 11 is 1.32. The average Bonchev–Trinajstić information content (AvgIpc) is 2.78. The van der Waals surface area contributed by atoms with Gasteiger partial charge in [0.15, 0.2) is 0 Å². The first-order valence-corrected chi connectivity index (χ1v) is 6.73. The van der Waals surface area contributed by atoms with Crippen LogP contribution in [-0.2, 0) is 11.2 Å². The van der Waals surface area contributed by atoms with Crippen LogP contribution in [0.25, 0.3) is 0 Å². The summed E-state index contributed by atoms with van der Waals surface area (Å²) in [6.07, 6.45) is 1.39. The highest BCUT2D eigenvalue weighted by Gasteiger charge is 2.42. The fourth-order valence-corrected chi connectivity index (χ4v) is 3.61. The van der Waals surface area contributed by atoms with Gasteiger partial charge in [0.05, 0.1) is 11.0 Å². The lowest BCUT2D eigenvalue weighted by atomic mass is 9.94. The van der Waals surface area contributed by atoms with Crippen molar-refractivity contribution in [2.75, 3.05) is 5.75 Å². The molecule has 1 N–H and O–H groups in total. The Labute approximate surface area is 113 Å². The van der Waals surface area contributed by atoms with Crippen molar-refractivity contribution in [1.29, 1.82) is 0 Å². The summed E-state index contributed by atoms with van der Waals surface area (Å²) in [6, 6.07) is 3.24. The summed E-state index contributed by atoms with van der Waals surface area (Å²) in [5, 5.41) is 20.0. The second kappa shape index (κ2) is 5.16. The third-order valence-corrected chi connectivity index (χ3v) is 4.70. The molecule has 1 saturated heterocycles. The van der Waals surface area contributed by atoms with Gasteiger partial charge in [-0.2, -0.15) is 0 Å². The Balaban J connectivity index is 2.32. The Hall–Kier alpha value is -1.63. The van der Waals surface area contributed by atoms with Crippen molar-refractivity contribution in [3.8, 4) is 0 Å². The van der Waals surface area contributed by atoms with E-state index in [9.17, 15) is 24.4 Å². The van der Waals surface area contributed by atoms with Crippen LogP contribution in [-0.4, -0.2) is 26.5 Å². The molecule has 1 unspecified atom stereocenters. The number of aliphatic carboxylic acids is 1. The highest BCUT2D eigenvalue weighted by molar-refractivity contribution is 8.01. The molecule has 19 heavy (non-hydrogen) atoms. The minimum absolute atomic E-state index is 0.103. The molecule has 7 heteroatoms. The number of carboxylic acid groups (broad SMARTS) is 1. The minimum atomic E-state index is -0.984. The number of hydrogen-bond donors (Lipinski definition) is 1. The average molecular weight is 285 g/mol. The maximum Gasteiger partial charge on any atom is 0.320 e. The monoisotopic (exact) mass is 285 g/mol. The van der Waals surface area contributed by atoms with Gasteiger partial charge in [-0.15, -0.1) is 11.8 Å². The quantitative estimate of drug-likeness (QED) is 0.679. The van der Waals surface area contributed by atoms with Crippen LogP contribution < -0.4 is 0 Å². The molecule has 0 spiro atoms. The van der Waals surface area contributed by atoms with E-state index in [1.165, 1.54) is 17.8 Å². The molecule has 0 radical (unpaired) electrons. The van der Waals surface area contributed by atoms with Crippen molar-refractivity contribution in [3.63, 3.8) is 0 Å². The summed E-state index contributed by atoms with van der Waals surface area (Å²) in [5.41, 5.74) is 0.00188. The third kappa shape index (κ3) is 2.86. The molecule has 1 aliphatic rings. The Bertz CT molecular complexity index is 528. The number of hydrogen-bond acceptors (Lipinski definition) is 4. The lowest BCUT2D eigenvalue weighted by Gasteiger charge is -2.22. The summed E-state index contributed by atoms with van der Waals surface area (Å²) in [4.78, 5) is 21.4. The van der Waals surface area contributed by atoms with Gasteiger partial charge in [0, 0.05) is 6.07 Å². The van der Waals surface area contributed by atoms with E-state index in [0.29, 0.717) is 12.0 Å². The molecule has 0 aliphatic carbocycles. The smallest absolute Gasteiger partial charge is 0.320 e. The van der Waals surface area contributed by atoms with Gasteiger partial charge in [0.25, 0.3) is 5.69 Å². The number of thioether (sulfide) groups is 1. The van der Waals surface area contributed by atoms with Crippen LogP contribution >= 0.6 is 11.8 Å². The van der Waals surface area contributed by atoms with Crippen LogP contribution in [0.5, 0.6) is 0 Å². The van der Waals surface area contributed by atoms with Crippen LogP contribution in [0.1, 0.15) is 18.4 Å². The van der Waals surface area contributed by atoms with Crippen LogP contribution in [0, 0.1) is 15.9 Å². The number of nitro benzene ring substituents is 1. The van der Waals surface area contributed by atoms with E-state index in [1.54, 1.807) is 0 Å². The Morgan fingerprint density at radius 2 is 2.26 bits per heavy atom. The fourth-order valence-electron chi connectivity index (χ4n) is 2.25. The molecule has 0 aromatic heterocycles. The molecule has 1 fully saturated rings. The molecule has 1 aromatic rings. The number of non-ortho nitro benzene ring substituents is 1. The van der Waals surface area contributed by atoms with Gasteiger partial charge >= 0.3 is 5.97 Å². The van der Waals surface area contributed by atoms with Crippen molar-refractivity contribution in [1.82, 2.24) is 0 Å². The van der Waals surface area contributed by atoms with Crippen LogP contribution in [0.2, 0.25) is 0 Å². The molecular formula is C12H12FNO4S. The number of nitro groups is 1. The topological polar surface area (TPSA) is 80.4 Å². The molecule has 0 bridgehead atoms. The Morgan fingerprint density at radius 1 is 1.53 bits per heavy atom. The van der Waals surface area contributed by atoms with Crippen molar-refractivity contribution in [3.05, 3.63) is 39.7 Å². The summed E-state index contributed by atoms with van der Waals surface area (Å²) in [7, 11) is 0. The molecular weight excluding hydrogens is 273 g/mol. The standard InChI is InChI=1S/C12H12FNO4S/c13-9-4-8(5-10(6-9)14(17)18)7-12(11(15)16)2-1-3-19-12/h4-6H,1-3,7H2,(H,15,16). The molecule has 1 aromatic carbocycles. The number of carbonyl (C=O) groups is 1. The number of halogens is 1. The van der Waals surface area contributed by atoms with E-state index in [4.69, 9.17) is 0 Å². The Morgan fingerprint density at radius 3 is 2.79 bits per heavy atom. The first-order valence-electron chi connectivity index (χ1n) is 5.74. The maximum atomic E-state index is 13.3. The molecule has 5 nitrogen and oxygen atoms in total. The summed E-state index contributed by atoms with van der Waals surface area (Å²) in [5.74, 6) is -0.918. The largest absolute Gasteiger partial charge is 0.480 e. The van der Waals surface area contributed by atoms with Crippen LogP contribution in [0.4, 0.5) is 10.1 Å². The Kier molecular flexibility index (Phi) is 3.75. The molecule has 1 heterocycles. The molecule has 1 atom stereocenters. The van der Waals surface area contributed by atoms with Gasteiger partial charge in [-0.3, -0.25) is 14.9 Å². The molecule has 2 rings (SSSR count). The molecule has 102 valence electrons. The van der Waals surface area contributed by atoms with E-state index in [0.717, 1.165) is 24.3 Å². The van der Waals surface area contributed by atoms with E-state index in [1.807, 2.05) is 0 Å². The van der Waals surface area contributed by atoms with Gasteiger partial charge in [-0.1, -0.05) is 0 Å². The van der Waals surface area contributed by atoms with Crippen LogP contribution in [0.3, 0.4) is 0 Å². The second-order valence-corrected chi connectivity index (χ2v) is 5.98. The lowest BCUT2D eigenvalue weighted by Crippen LogP contribution is -2.34. The molecule has 0 amide bonds. The zero-order valence-corrected chi connectivity index (χ0v) is 10.8. The van der Waals surface area contributed by atoms with Crippen LogP contribution in [0.15, 0.2) is 18.2 Å². The zero-order chi connectivity index (χ0) is 14.0. The lowest BCUT2D eigenvalue weighted by molar-refractivity contribution is -0.385. The van der Waals surface area contributed by atoms with Crippen molar-refractivity contribution >= 4 is 23.4 Å². The normalized spacial score (nSPS) is 22.4. The second-order valence-electron chi connectivity index (χ2n) is 4.50. The van der Waals surface area contributed by atoms with Gasteiger partial charge in [0.1, 0.15) is 10.6 Å². The fraction of sp³-hybridized carbons (Fsp3) is 0.417. The first kappa shape index (κ1) is 13.8. The molecule has 1 aliphatic heterocycles. The highest BCUT2D eigenvalue weighted by atomic mass is 32.2. The maximum absolute atomic E-state index is 13.3. The van der Waals surface area contributed by atoms with Gasteiger partial charge < -0.3 is 5.11 Å². The summed E-state index contributed by atoms with van der Waals surface area (Å²) in [6.45, 7) is 0. The minimum Gasteiger partial charge on any atom is -0.480 e. The predicted octanol–water partition coefficient (Wildman–Crippen LogP) is 2.63. The number of nitrogens with zero attached hydrogens (tertiary/aromatic N) is 1. The number of benzene rings is 1. The van der Waals surface area contributed by atoms with Gasteiger partial charge in [-0.25, -0.2) is 4.39 Å². The number of carboxylic acids is 1. The summed E-state index contributed by atoms with van der Waals surface area (Å²) < 4.78 is 12.3. The first-order chi connectivity index (χ1) is 8.93. The number of rotatable bonds is 4. The predicted molar refractivity (Wildman–Crippen MR) is 68.8 cm³/mol. The van der Waals surface area contributed by atoms with Crippen molar-refractivity contribution < 1.29 is 19.2 Å². The van der Waals surface area contributed by atoms with Crippen molar-refractivity contribution in [2.24, 2.45) is 0 Å². The van der Waals surface area contributed by atoms with E-state index in [2.05, 4.69) is 0 Å². The van der Waals surface area contributed by atoms with Gasteiger partial charge in [-0.05, 0) is 36.6 Å².